The van der Waals surface area contributed by atoms with Gasteiger partial charge < -0.3 is 5.32 Å². The molecule has 3 fully saturated rings. The molecule has 9 heteroatoms. The zero-order chi connectivity index (χ0) is 22.3. The zero-order valence-corrected chi connectivity index (χ0v) is 18.9. The van der Waals surface area contributed by atoms with Gasteiger partial charge in [-0.25, -0.2) is 17.2 Å². The largest absolute Gasteiger partial charge is 0.352 e. The van der Waals surface area contributed by atoms with E-state index in [1.807, 2.05) is 11.8 Å². The number of halogens is 2. The summed E-state index contributed by atoms with van der Waals surface area (Å²) in [7, 11) is -4.05. The zero-order valence-electron chi connectivity index (χ0n) is 18.1. The van der Waals surface area contributed by atoms with E-state index in [1.54, 1.807) is 0 Å². The van der Waals surface area contributed by atoms with Gasteiger partial charge in [0.05, 0.1) is 6.04 Å². The highest BCUT2D eigenvalue weighted by atomic mass is 32.2. The maximum absolute atomic E-state index is 14.0. The second kappa shape index (κ2) is 8.75. The fourth-order valence-corrected chi connectivity index (χ4v) is 7.15. The molecule has 1 heterocycles. The number of carbonyl (C=O) groups is 1. The molecule has 6 nitrogen and oxygen atoms in total. The molecule has 1 amide bonds. The van der Waals surface area contributed by atoms with Crippen molar-refractivity contribution < 1.29 is 22.0 Å². The first kappa shape index (κ1) is 22.6. The van der Waals surface area contributed by atoms with Gasteiger partial charge in [-0.2, -0.15) is 4.31 Å². The van der Waals surface area contributed by atoms with E-state index in [9.17, 15) is 22.0 Å². The molecule has 2 saturated carbocycles. The average molecular weight is 456 g/mol. The fourth-order valence-electron chi connectivity index (χ4n) is 5.68. The van der Waals surface area contributed by atoms with E-state index in [0.29, 0.717) is 25.1 Å². The molecule has 31 heavy (non-hydrogen) atoms. The molecule has 172 valence electrons. The highest BCUT2D eigenvalue weighted by Gasteiger charge is 2.42. The van der Waals surface area contributed by atoms with Gasteiger partial charge in [-0.3, -0.25) is 9.69 Å². The second-order valence-electron chi connectivity index (χ2n) is 9.33. The van der Waals surface area contributed by atoms with E-state index >= 15 is 0 Å². The predicted octanol–water partition coefficient (Wildman–Crippen LogP) is 2.60. The standard InChI is InChI=1S/C22H31F2N3O3S/c1-14(19-12-16-3-4-17(19)11-16)25-22(28)15(2)26-7-9-27(10-8-26)31(29,30)21-6-5-18(23)13-20(21)24/h5-6,13-17,19H,3-4,7-12H2,1-2H3,(H,25,28). The Hall–Kier alpha value is -1.58. The average Bonchev–Trinajstić information content (AvgIpc) is 3.36. The fraction of sp³-hybridized carbons (Fsp3) is 0.682. The minimum Gasteiger partial charge on any atom is -0.352 e. The molecule has 1 aromatic rings. The van der Waals surface area contributed by atoms with Crippen LogP contribution in [-0.2, 0) is 14.8 Å². The first-order valence-electron chi connectivity index (χ1n) is 11.2. The highest BCUT2D eigenvalue weighted by Crippen LogP contribution is 2.49. The van der Waals surface area contributed by atoms with Gasteiger partial charge in [0.1, 0.15) is 16.5 Å². The summed E-state index contributed by atoms with van der Waals surface area (Å²) in [6, 6.07) is 2.25. The van der Waals surface area contributed by atoms with Gasteiger partial charge in [0.25, 0.3) is 0 Å². The van der Waals surface area contributed by atoms with E-state index < -0.39 is 26.6 Å². The van der Waals surface area contributed by atoms with E-state index in [4.69, 9.17) is 0 Å². The Morgan fingerprint density at radius 3 is 2.39 bits per heavy atom. The number of nitrogens with one attached hydrogen (secondary N) is 1. The van der Waals surface area contributed by atoms with Crippen molar-refractivity contribution in [3.8, 4) is 0 Å². The molecule has 0 aromatic heterocycles. The highest BCUT2D eigenvalue weighted by molar-refractivity contribution is 7.89. The molecule has 1 aliphatic heterocycles. The smallest absolute Gasteiger partial charge is 0.246 e. The number of hydrogen-bond acceptors (Lipinski definition) is 4. The molecule has 4 rings (SSSR count). The molecule has 2 aliphatic carbocycles. The van der Waals surface area contributed by atoms with Crippen molar-refractivity contribution in [2.45, 2.75) is 56.5 Å². The summed E-state index contributed by atoms with van der Waals surface area (Å²) in [6.45, 7) is 4.99. The van der Waals surface area contributed by atoms with Gasteiger partial charge in [0, 0.05) is 38.3 Å². The van der Waals surface area contributed by atoms with Crippen LogP contribution in [0.15, 0.2) is 23.1 Å². The number of nitrogens with zero attached hydrogens (tertiary/aromatic N) is 2. The minimum absolute atomic E-state index is 0.0313. The number of sulfonamides is 1. The van der Waals surface area contributed by atoms with E-state index in [0.717, 1.165) is 24.0 Å². The van der Waals surface area contributed by atoms with Gasteiger partial charge in [0.2, 0.25) is 15.9 Å². The Bertz CT molecular complexity index is 934. The monoisotopic (exact) mass is 455 g/mol. The number of piperazine rings is 1. The maximum Gasteiger partial charge on any atom is 0.246 e. The van der Waals surface area contributed by atoms with E-state index in [-0.39, 0.29) is 31.1 Å². The summed E-state index contributed by atoms with van der Waals surface area (Å²) in [6.07, 6.45) is 5.10. The Morgan fingerprint density at radius 2 is 1.81 bits per heavy atom. The van der Waals surface area contributed by atoms with Crippen molar-refractivity contribution >= 4 is 15.9 Å². The molecule has 1 saturated heterocycles. The minimum atomic E-state index is -4.05. The first-order valence-corrected chi connectivity index (χ1v) is 12.6. The second-order valence-corrected chi connectivity index (χ2v) is 11.2. The number of hydrogen-bond donors (Lipinski definition) is 1. The van der Waals surface area contributed by atoms with Crippen LogP contribution in [0.1, 0.15) is 39.5 Å². The molecule has 0 radical (unpaired) electrons. The van der Waals surface area contributed by atoms with Crippen LogP contribution in [0, 0.1) is 29.4 Å². The van der Waals surface area contributed by atoms with Crippen molar-refractivity contribution in [2.75, 3.05) is 26.2 Å². The predicted molar refractivity (Wildman–Crippen MR) is 113 cm³/mol. The lowest BCUT2D eigenvalue weighted by Gasteiger charge is -2.37. The Morgan fingerprint density at radius 1 is 1.10 bits per heavy atom. The van der Waals surface area contributed by atoms with Crippen molar-refractivity contribution in [1.82, 2.24) is 14.5 Å². The van der Waals surface area contributed by atoms with Crippen LogP contribution in [0.4, 0.5) is 8.78 Å². The van der Waals surface area contributed by atoms with Crippen LogP contribution in [0.25, 0.3) is 0 Å². The normalized spacial score (nSPS) is 29.1. The third kappa shape index (κ3) is 4.50. The van der Waals surface area contributed by atoms with Crippen molar-refractivity contribution in [2.24, 2.45) is 17.8 Å². The van der Waals surface area contributed by atoms with Crippen LogP contribution in [0.2, 0.25) is 0 Å². The lowest BCUT2D eigenvalue weighted by molar-refractivity contribution is -0.127. The molecule has 1 N–H and O–H groups in total. The lowest BCUT2D eigenvalue weighted by Crippen LogP contribution is -2.56. The molecular weight excluding hydrogens is 424 g/mol. The molecule has 1 aromatic carbocycles. The number of benzene rings is 1. The first-order chi connectivity index (χ1) is 14.7. The van der Waals surface area contributed by atoms with Gasteiger partial charge in [0.15, 0.2) is 0 Å². The summed E-state index contributed by atoms with van der Waals surface area (Å²) < 4.78 is 53.8. The van der Waals surface area contributed by atoms with Crippen LogP contribution in [0.3, 0.4) is 0 Å². The van der Waals surface area contributed by atoms with Gasteiger partial charge >= 0.3 is 0 Å². The number of amides is 1. The Labute approximate surface area is 183 Å². The molecular formula is C22H31F2N3O3S. The van der Waals surface area contributed by atoms with E-state index in [1.165, 1.54) is 30.0 Å². The Kier molecular flexibility index (Phi) is 6.38. The SMILES string of the molecule is CC(NC(=O)C(C)N1CCN(S(=O)(=O)c2ccc(F)cc2F)CC1)C1CC2CCC1C2. The van der Waals surface area contributed by atoms with Crippen LogP contribution in [-0.4, -0.2) is 61.8 Å². The van der Waals surface area contributed by atoms with Gasteiger partial charge in [-0.1, -0.05) is 6.42 Å². The topological polar surface area (TPSA) is 69.7 Å². The van der Waals surface area contributed by atoms with Crippen LogP contribution in [0.5, 0.6) is 0 Å². The third-order valence-electron chi connectivity index (χ3n) is 7.52. The lowest BCUT2D eigenvalue weighted by atomic mass is 9.84. The molecule has 3 aliphatic rings. The van der Waals surface area contributed by atoms with Crippen molar-refractivity contribution in [1.29, 1.82) is 0 Å². The summed E-state index contributed by atoms with van der Waals surface area (Å²) in [5, 5.41) is 3.19. The number of rotatable bonds is 6. The summed E-state index contributed by atoms with van der Waals surface area (Å²) in [5.41, 5.74) is 0. The molecule has 5 unspecified atom stereocenters. The van der Waals surface area contributed by atoms with E-state index in [2.05, 4.69) is 12.2 Å². The van der Waals surface area contributed by atoms with Crippen LogP contribution >= 0.6 is 0 Å². The van der Waals surface area contributed by atoms with Crippen LogP contribution < -0.4 is 5.32 Å². The molecule has 2 bridgehead atoms. The van der Waals surface area contributed by atoms with Crippen molar-refractivity contribution in [3.05, 3.63) is 29.8 Å². The van der Waals surface area contributed by atoms with Crippen molar-refractivity contribution in [3.63, 3.8) is 0 Å². The van der Waals surface area contributed by atoms with Gasteiger partial charge in [-0.05, 0) is 63.0 Å². The molecule has 5 atom stereocenters. The number of carbonyl (C=O) groups excluding carboxylic acids is 1. The van der Waals surface area contributed by atoms with Gasteiger partial charge in [-0.15, -0.1) is 0 Å². The molecule has 0 spiro atoms. The quantitative estimate of drug-likeness (QED) is 0.716. The summed E-state index contributed by atoms with van der Waals surface area (Å²) >= 11 is 0. The third-order valence-corrected chi connectivity index (χ3v) is 9.45. The Balaban J connectivity index is 1.32. The maximum atomic E-state index is 14.0. The summed E-state index contributed by atoms with van der Waals surface area (Å²) in [5.74, 6) is 0.174. The number of fused-ring (bicyclic) bond motifs is 2. The summed E-state index contributed by atoms with van der Waals surface area (Å²) in [4.78, 5) is 14.3.